The molecule has 0 aliphatic rings. The highest BCUT2D eigenvalue weighted by molar-refractivity contribution is 7.90. The van der Waals surface area contributed by atoms with Gasteiger partial charge in [0.05, 0.1) is 10.8 Å². The molecule has 0 fully saturated rings. The molecule has 0 aliphatic heterocycles. The fraction of sp³-hybridized carbons (Fsp3) is 0.455. The summed E-state index contributed by atoms with van der Waals surface area (Å²) in [6.45, 7) is 0.483. The molecule has 7 heteroatoms. The Morgan fingerprint density at radius 2 is 2.00 bits per heavy atom. The van der Waals surface area contributed by atoms with E-state index in [1.165, 1.54) is 0 Å². The Morgan fingerprint density at radius 3 is 2.56 bits per heavy atom. The van der Waals surface area contributed by atoms with Gasteiger partial charge in [0, 0.05) is 11.3 Å². The zero-order valence-electron chi connectivity index (χ0n) is 9.95. The van der Waals surface area contributed by atoms with Gasteiger partial charge in [-0.3, -0.25) is 0 Å². The summed E-state index contributed by atoms with van der Waals surface area (Å²) < 4.78 is 27.5. The fourth-order valence-electron chi connectivity index (χ4n) is 1.41. The van der Waals surface area contributed by atoms with Gasteiger partial charge in [-0.25, -0.2) is 8.42 Å². The second-order valence-corrected chi connectivity index (χ2v) is 7.00. The summed E-state index contributed by atoms with van der Waals surface area (Å²) in [7, 11) is -3.06. The molecule has 18 heavy (non-hydrogen) atoms. The van der Waals surface area contributed by atoms with Crippen molar-refractivity contribution in [3.63, 3.8) is 0 Å². The standard InChI is InChI=1S/C11H15Cl2NO3S/c1-18(15,16)5-4-17-11-8(2-3-14)6-9(12)7-10(11)13/h6-7H,2-5,14H2,1H3. The highest BCUT2D eigenvalue weighted by Gasteiger charge is 2.11. The van der Waals surface area contributed by atoms with Crippen LogP contribution in [0.25, 0.3) is 0 Å². The number of hydrogen-bond acceptors (Lipinski definition) is 4. The van der Waals surface area contributed by atoms with Crippen LogP contribution in [0.4, 0.5) is 0 Å². The van der Waals surface area contributed by atoms with Crippen molar-refractivity contribution in [1.29, 1.82) is 0 Å². The quantitative estimate of drug-likeness (QED) is 0.871. The van der Waals surface area contributed by atoms with Crippen molar-refractivity contribution in [2.75, 3.05) is 25.2 Å². The van der Waals surface area contributed by atoms with Crippen LogP contribution in [0.2, 0.25) is 10.0 Å². The molecule has 0 unspecified atom stereocenters. The van der Waals surface area contributed by atoms with Crippen LogP contribution in [0.15, 0.2) is 12.1 Å². The maximum absolute atomic E-state index is 11.0. The maximum Gasteiger partial charge on any atom is 0.150 e. The Morgan fingerprint density at radius 1 is 1.33 bits per heavy atom. The van der Waals surface area contributed by atoms with E-state index in [-0.39, 0.29) is 12.4 Å². The van der Waals surface area contributed by atoms with Crippen molar-refractivity contribution >= 4 is 33.0 Å². The molecule has 102 valence electrons. The van der Waals surface area contributed by atoms with Crippen molar-refractivity contribution < 1.29 is 13.2 Å². The average molecular weight is 312 g/mol. The molecule has 0 spiro atoms. The summed E-state index contributed by atoms with van der Waals surface area (Å²) in [6, 6.07) is 3.27. The van der Waals surface area contributed by atoms with Gasteiger partial charge in [-0.1, -0.05) is 23.2 Å². The first-order valence-electron chi connectivity index (χ1n) is 5.32. The molecule has 0 saturated heterocycles. The molecule has 1 aromatic carbocycles. The van der Waals surface area contributed by atoms with Gasteiger partial charge in [0.25, 0.3) is 0 Å². The number of benzene rings is 1. The Labute approximate surface area is 117 Å². The van der Waals surface area contributed by atoms with E-state index in [1.54, 1.807) is 12.1 Å². The van der Waals surface area contributed by atoms with Gasteiger partial charge in [-0.2, -0.15) is 0 Å². The molecule has 0 heterocycles. The number of ether oxygens (including phenoxy) is 1. The second kappa shape index (κ2) is 6.61. The predicted molar refractivity (Wildman–Crippen MR) is 74.4 cm³/mol. The first kappa shape index (κ1) is 15.6. The molecule has 1 aromatic rings. The molecule has 0 radical (unpaired) electrons. The van der Waals surface area contributed by atoms with E-state index in [9.17, 15) is 8.42 Å². The van der Waals surface area contributed by atoms with Crippen LogP contribution in [-0.2, 0) is 16.3 Å². The molecule has 0 bridgehead atoms. The van der Waals surface area contributed by atoms with Crippen molar-refractivity contribution in [3.8, 4) is 5.75 Å². The normalized spacial score (nSPS) is 11.6. The van der Waals surface area contributed by atoms with Crippen molar-refractivity contribution in [2.45, 2.75) is 6.42 Å². The average Bonchev–Trinajstić information content (AvgIpc) is 2.20. The summed E-state index contributed by atoms with van der Waals surface area (Å²) in [5, 5.41) is 0.860. The highest BCUT2D eigenvalue weighted by atomic mass is 35.5. The molecular formula is C11H15Cl2NO3S. The Bertz CT molecular complexity index is 517. The minimum atomic E-state index is -3.06. The molecular weight excluding hydrogens is 297 g/mol. The van der Waals surface area contributed by atoms with Crippen molar-refractivity contribution in [3.05, 3.63) is 27.7 Å². The predicted octanol–water partition coefficient (Wildman–Crippen LogP) is 1.92. The van der Waals surface area contributed by atoms with Crippen LogP contribution >= 0.6 is 23.2 Å². The minimum Gasteiger partial charge on any atom is -0.491 e. The molecule has 1 rings (SSSR count). The zero-order valence-corrected chi connectivity index (χ0v) is 12.3. The van der Waals surface area contributed by atoms with Crippen LogP contribution in [0.1, 0.15) is 5.56 Å². The topological polar surface area (TPSA) is 69.4 Å². The summed E-state index contributed by atoms with van der Waals surface area (Å²) >= 11 is 11.9. The molecule has 0 saturated carbocycles. The lowest BCUT2D eigenvalue weighted by Crippen LogP contribution is -2.13. The van der Waals surface area contributed by atoms with E-state index in [1.807, 2.05) is 0 Å². The first-order chi connectivity index (χ1) is 8.33. The van der Waals surface area contributed by atoms with Crippen LogP contribution in [-0.4, -0.2) is 33.6 Å². The van der Waals surface area contributed by atoms with E-state index in [0.29, 0.717) is 28.8 Å². The van der Waals surface area contributed by atoms with Crippen molar-refractivity contribution in [1.82, 2.24) is 0 Å². The number of sulfone groups is 1. The van der Waals surface area contributed by atoms with Crippen molar-refractivity contribution in [2.24, 2.45) is 5.73 Å². The van der Waals surface area contributed by atoms with Gasteiger partial charge >= 0.3 is 0 Å². The summed E-state index contributed by atoms with van der Waals surface area (Å²) in [5.41, 5.74) is 6.27. The van der Waals surface area contributed by atoms with Gasteiger partial charge in [-0.05, 0) is 30.7 Å². The highest BCUT2D eigenvalue weighted by Crippen LogP contribution is 2.32. The van der Waals surface area contributed by atoms with Gasteiger partial charge < -0.3 is 10.5 Å². The number of nitrogens with two attached hydrogens (primary N) is 1. The summed E-state index contributed by atoms with van der Waals surface area (Å²) in [5.74, 6) is 0.392. The third-order valence-corrected chi connectivity index (χ3v) is 3.61. The van der Waals surface area contributed by atoms with E-state index >= 15 is 0 Å². The number of rotatable bonds is 6. The van der Waals surface area contributed by atoms with E-state index in [4.69, 9.17) is 33.7 Å². The lowest BCUT2D eigenvalue weighted by Gasteiger charge is -2.13. The lowest BCUT2D eigenvalue weighted by atomic mass is 10.1. The Balaban J connectivity index is 2.86. The monoisotopic (exact) mass is 311 g/mol. The zero-order chi connectivity index (χ0) is 13.8. The van der Waals surface area contributed by atoms with Gasteiger partial charge in [0.2, 0.25) is 0 Å². The minimum absolute atomic E-state index is 0.0533. The van der Waals surface area contributed by atoms with E-state index in [0.717, 1.165) is 11.8 Å². The third-order valence-electron chi connectivity index (χ3n) is 2.20. The van der Waals surface area contributed by atoms with Gasteiger partial charge in [0.1, 0.15) is 12.4 Å². The Kier molecular flexibility index (Phi) is 5.72. The molecule has 0 aromatic heterocycles. The summed E-state index contributed by atoms with van der Waals surface area (Å²) in [6.07, 6.45) is 1.72. The van der Waals surface area contributed by atoms with Gasteiger partial charge in [-0.15, -0.1) is 0 Å². The van der Waals surface area contributed by atoms with Crippen LogP contribution in [0, 0.1) is 0 Å². The molecule has 4 nitrogen and oxygen atoms in total. The summed E-state index contributed by atoms with van der Waals surface area (Å²) in [4.78, 5) is 0. The molecule has 2 N–H and O–H groups in total. The van der Waals surface area contributed by atoms with Crippen LogP contribution < -0.4 is 10.5 Å². The largest absolute Gasteiger partial charge is 0.491 e. The van der Waals surface area contributed by atoms with Gasteiger partial charge in [0.15, 0.2) is 9.84 Å². The molecule has 0 amide bonds. The lowest BCUT2D eigenvalue weighted by molar-refractivity contribution is 0.337. The second-order valence-electron chi connectivity index (χ2n) is 3.89. The molecule has 0 aliphatic carbocycles. The van der Waals surface area contributed by atoms with E-state index < -0.39 is 9.84 Å². The van der Waals surface area contributed by atoms with E-state index in [2.05, 4.69) is 0 Å². The Hall–Kier alpha value is -0.490. The maximum atomic E-state index is 11.0. The third kappa shape index (κ3) is 5.02. The van der Waals surface area contributed by atoms with Crippen LogP contribution in [0.5, 0.6) is 5.75 Å². The smallest absolute Gasteiger partial charge is 0.150 e. The SMILES string of the molecule is CS(=O)(=O)CCOc1c(Cl)cc(Cl)cc1CCN. The molecule has 0 atom stereocenters. The number of halogens is 2. The fourth-order valence-corrected chi connectivity index (χ4v) is 2.39. The first-order valence-corrected chi connectivity index (χ1v) is 8.13. The van der Waals surface area contributed by atoms with Crippen LogP contribution in [0.3, 0.4) is 0 Å². The number of hydrogen-bond donors (Lipinski definition) is 1.